The molecule has 0 rings (SSSR count). The third-order valence-corrected chi connectivity index (χ3v) is 2.13. The summed E-state index contributed by atoms with van der Waals surface area (Å²) >= 11 is 0. The van der Waals surface area contributed by atoms with Crippen molar-refractivity contribution in [2.75, 3.05) is 0 Å². The summed E-state index contributed by atoms with van der Waals surface area (Å²) in [5.74, 6) is 0. The molecule has 0 unspecified atom stereocenters. The van der Waals surface area contributed by atoms with Crippen molar-refractivity contribution in [1.29, 1.82) is 0 Å². The van der Waals surface area contributed by atoms with Crippen molar-refractivity contribution in [3.05, 3.63) is 22.7 Å². The molecule has 61 valence electrons. The molecule has 0 amide bonds. The standard InChI is InChI=1S/C10H18B/c1-6-8(3)9(4)10(5)11-7-2/h6H,7H2,1-5H3. The molecule has 0 atom stereocenters. The van der Waals surface area contributed by atoms with Gasteiger partial charge >= 0.3 is 0 Å². The fraction of sp³-hybridized carbons (Fsp3) is 0.600. The normalized spacial score (nSPS) is 14.5. The second-order valence-electron chi connectivity index (χ2n) is 2.89. The van der Waals surface area contributed by atoms with Crippen LogP contribution in [-0.4, -0.2) is 7.28 Å². The van der Waals surface area contributed by atoms with Gasteiger partial charge in [0.1, 0.15) is 7.28 Å². The largest absolute Gasteiger partial charge is 0.145 e. The van der Waals surface area contributed by atoms with Gasteiger partial charge in [-0.15, -0.1) is 5.47 Å². The molecule has 11 heavy (non-hydrogen) atoms. The molecular weight excluding hydrogens is 131 g/mol. The van der Waals surface area contributed by atoms with E-state index < -0.39 is 0 Å². The van der Waals surface area contributed by atoms with Crippen LogP contribution in [0.1, 0.15) is 34.6 Å². The Morgan fingerprint density at radius 2 is 1.82 bits per heavy atom. The Labute approximate surface area is 71.6 Å². The van der Waals surface area contributed by atoms with E-state index >= 15 is 0 Å². The first kappa shape index (κ1) is 10.5. The summed E-state index contributed by atoms with van der Waals surface area (Å²) in [5, 5.41) is 0. The van der Waals surface area contributed by atoms with Crippen molar-refractivity contribution < 1.29 is 0 Å². The van der Waals surface area contributed by atoms with Crippen LogP contribution in [0.4, 0.5) is 0 Å². The fourth-order valence-corrected chi connectivity index (χ4v) is 0.987. The molecule has 0 saturated heterocycles. The van der Waals surface area contributed by atoms with E-state index in [-0.39, 0.29) is 0 Å². The van der Waals surface area contributed by atoms with Gasteiger partial charge in [0.25, 0.3) is 0 Å². The average Bonchev–Trinajstić information content (AvgIpc) is 2.02. The third-order valence-electron chi connectivity index (χ3n) is 2.13. The minimum Gasteiger partial charge on any atom is -0.109 e. The lowest BCUT2D eigenvalue weighted by atomic mass is 9.65. The maximum absolute atomic E-state index is 2.27. The Morgan fingerprint density at radius 3 is 2.18 bits per heavy atom. The number of rotatable bonds is 3. The molecule has 0 spiro atoms. The molecular formula is C10H18B. The Morgan fingerprint density at radius 1 is 1.27 bits per heavy atom. The molecule has 0 aromatic carbocycles. The van der Waals surface area contributed by atoms with E-state index in [2.05, 4.69) is 48.0 Å². The third kappa shape index (κ3) is 3.45. The first-order valence-corrected chi connectivity index (χ1v) is 4.27. The molecule has 0 N–H and O–H groups in total. The Hall–Kier alpha value is -0.455. The zero-order valence-electron chi connectivity index (χ0n) is 8.36. The molecule has 1 radical (unpaired) electrons. The highest BCUT2D eigenvalue weighted by Gasteiger charge is 1.97. The van der Waals surface area contributed by atoms with E-state index in [1.54, 1.807) is 0 Å². The van der Waals surface area contributed by atoms with Gasteiger partial charge in [-0.25, -0.2) is 0 Å². The van der Waals surface area contributed by atoms with Crippen LogP contribution in [0, 0.1) is 0 Å². The number of allylic oxidation sites excluding steroid dienone is 4. The maximum atomic E-state index is 2.27. The molecule has 1 heteroatoms. The van der Waals surface area contributed by atoms with Crippen LogP contribution in [0.3, 0.4) is 0 Å². The molecule has 0 saturated carbocycles. The second-order valence-corrected chi connectivity index (χ2v) is 2.89. The van der Waals surface area contributed by atoms with Gasteiger partial charge in [0, 0.05) is 0 Å². The first-order valence-electron chi connectivity index (χ1n) is 4.27. The van der Waals surface area contributed by atoms with E-state index in [0.29, 0.717) is 0 Å². The SMILES string of the molecule is CC=C(C)C(C)=C(C)[B]CC. The van der Waals surface area contributed by atoms with Crippen LogP contribution < -0.4 is 0 Å². The van der Waals surface area contributed by atoms with Gasteiger partial charge in [0.05, 0.1) is 0 Å². The van der Waals surface area contributed by atoms with E-state index in [0.717, 1.165) is 6.32 Å². The molecule has 0 fully saturated rings. The summed E-state index contributed by atoms with van der Waals surface area (Å²) < 4.78 is 0. The summed E-state index contributed by atoms with van der Waals surface area (Å²) in [5.41, 5.74) is 4.20. The number of hydrogen-bond acceptors (Lipinski definition) is 0. The molecule has 0 aliphatic carbocycles. The van der Waals surface area contributed by atoms with Gasteiger partial charge in [-0.1, -0.05) is 37.4 Å². The lowest BCUT2D eigenvalue weighted by Crippen LogP contribution is -1.94. The summed E-state index contributed by atoms with van der Waals surface area (Å²) in [6, 6.07) is 0. The average molecular weight is 149 g/mol. The Balaban J connectivity index is 4.39. The molecule has 0 bridgehead atoms. The highest BCUT2D eigenvalue weighted by Crippen LogP contribution is 2.12. The summed E-state index contributed by atoms with van der Waals surface area (Å²) in [6.07, 6.45) is 3.28. The van der Waals surface area contributed by atoms with Crippen molar-refractivity contribution in [3.63, 3.8) is 0 Å². The molecule has 0 aliphatic heterocycles. The zero-order chi connectivity index (χ0) is 8.85. The van der Waals surface area contributed by atoms with Gasteiger partial charge in [-0.05, 0) is 20.8 Å². The predicted molar refractivity (Wildman–Crippen MR) is 54.0 cm³/mol. The quantitative estimate of drug-likeness (QED) is 0.426. The van der Waals surface area contributed by atoms with Crippen LogP contribution >= 0.6 is 0 Å². The summed E-state index contributed by atoms with van der Waals surface area (Å²) in [4.78, 5) is 0. The van der Waals surface area contributed by atoms with E-state index in [4.69, 9.17) is 0 Å². The van der Waals surface area contributed by atoms with E-state index in [1.165, 1.54) is 16.6 Å². The van der Waals surface area contributed by atoms with Gasteiger partial charge in [0.15, 0.2) is 0 Å². The molecule has 0 aliphatic rings. The highest BCUT2D eigenvalue weighted by molar-refractivity contribution is 6.45. The molecule has 0 aromatic rings. The monoisotopic (exact) mass is 149 g/mol. The van der Waals surface area contributed by atoms with Crippen molar-refractivity contribution in [2.45, 2.75) is 40.9 Å². The predicted octanol–water partition coefficient (Wildman–Crippen LogP) is 3.39. The van der Waals surface area contributed by atoms with Gasteiger partial charge in [-0.2, -0.15) is 0 Å². The van der Waals surface area contributed by atoms with Crippen molar-refractivity contribution >= 4 is 7.28 Å². The lowest BCUT2D eigenvalue weighted by molar-refractivity contribution is 1.28. The highest BCUT2D eigenvalue weighted by atomic mass is 14.0. The minimum atomic E-state index is 1.13. The molecule has 0 aromatic heterocycles. The van der Waals surface area contributed by atoms with E-state index in [9.17, 15) is 0 Å². The van der Waals surface area contributed by atoms with Crippen LogP contribution in [-0.2, 0) is 0 Å². The van der Waals surface area contributed by atoms with Crippen LogP contribution in [0.15, 0.2) is 22.7 Å². The van der Waals surface area contributed by atoms with Gasteiger partial charge in [0.2, 0.25) is 0 Å². The van der Waals surface area contributed by atoms with Gasteiger partial charge in [-0.3, -0.25) is 0 Å². The van der Waals surface area contributed by atoms with Crippen LogP contribution in [0.5, 0.6) is 0 Å². The maximum Gasteiger partial charge on any atom is 0.145 e. The summed E-state index contributed by atoms with van der Waals surface area (Å²) in [6.45, 7) is 10.8. The van der Waals surface area contributed by atoms with Crippen molar-refractivity contribution in [1.82, 2.24) is 0 Å². The van der Waals surface area contributed by atoms with E-state index in [1.807, 2.05) is 0 Å². The lowest BCUT2D eigenvalue weighted by Gasteiger charge is -2.05. The second kappa shape index (κ2) is 5.23. The summed E-state index contributed by atoms with van der Waals surface area (Å²) in [7, 11) is 2.27. The molecule has 0 heterocycles. The topological polar surface area (TPSA) is 0 Å². The Bertz CT molecular complexity index is 175. The number of hydrogen-bond donors (Lipinski definition) is 0. The van der Waals surface area contributed by atoms with Crippen LogP contribution in [0.25, 0.3) is 0 Å². The minimum absolute atomic E-state index is 1.13. The zero-order valence-corrected chi connectivity index (χ0v) is 8.36. The molecule has 0 nitrogen and oxygen atoms in total. The van der Waals surface area contributed by atoms with Crippen molar-refractivity contribution in [2.24, 2.45) is 0 Å². The van der Waals surface area contributed by atoms with Crippen molar-refractivity contribution in [3.8, 4) is 0 Å². The first-order chi connectivity index (χ1) is 5.13. The Kier molecular flexibility index (Phi) is 5.01. The smallest absolute Gasteiger partial charge is 0.109 e. The fourth-order valence-electron chi connectivity index (χ4n) is 0.987. The van der Waals surface area contributed by atoms with Gasteiger partial charge < -0.3 is 0 Å². The van der Waals surface area contributed by atoms with Crippen LogP contribution in [0.2, 0.25) is 6.32 Å².